The highest BCUT2D eigenvalue weighted by Gasteiger charge is 2.47. The van der Waals surface area contributed by atoms with Gasteiger partial charge in [-0.3, -0.25) is 0 Å². The number of aromatic hydroxyl groups is 1. The van der Waals surface area contributed by atoms with Crippen LogP contribution in [0.25, 0.3) is 0 Å². The van der Waals surface area contributed by atoms with E-state index in [-0.39, 0.29) is 17.1 Å². The molecule has 0 aromatic heterocycles. The molecule has 0 bridgehead atoms. The highest BCUT2D eigenvalue weighted by atomic mass is 32.2. The van der Waals surface area contributed by atoms with Crippen molar-refractivity contribution in [3.8, 4) is 23.0 Å². The number of phenols is 1. The van der Waals surface area contributed by atoms with E-state index in [4.69, 9.17) is 13.9 Å². The number of hydrogen-bond donors (Lipinski definition) is 1. The predicted octanol–water partition coefficient (Wildman–Crippen LogP) is 10.5. The molecule has 42 heavy (non-hydrogen) atoms. The molecule has 0 saturated heterocycles. The molecule has 0 saturated carbocycles. The summed E-state index contributed by atoms with van der Waals surface area (Å²) in [4.78, 5) is 1.08. The van der Waals surface area contributed by atoms with E-state index in [2.05, 4.69) is 84.0 Å². The minimum Gasteiger partial charge on any atom is -0.543 e. The lowest BCUT2D eigenvalue weighted by Gasteiger charge is -2.42. The molecule has 0 aliphatic carbocycles. The molecule has 6 heteroatoms. The van der Waals surface area contributed by atoms with E-state index in [9.17, 15) is 5.11 Å². The molecule has 1 N–H and O–H groups in total. The number of rotatable bonds is 10. The van der Waals surface area contributed by atoms with E-state index >= 15 is 0 Å². The van der Waals surface area contributed by atoms with Gasteiger partial charge in [-0.25, -0.2) is 0 Å². The maximum Gasteiger partial charge on any atom is 0.258 e. The monoisotopic (exact) mass is 598 g/mol. The number of benzene rings is 4. The summed E-state index contributed by atoms with van der Waals surface area (Å²) < 4.78 is 19.7. The summed E-state index contributed by atoms with van der Waals surface area (Å²) in [6.45, 7) is 14.4. The van der Waals surface area contributed by atoms with Gasteiger partial charge in [0.15, 0.2) is 0 Å². The van der Waals surface area contributed by atoms with E-state index in [1.165, 1.54) is 5.56 Å². The van der Waals surface area contributed by atoms with Gasteiger partial charge in [0.2, 0.25) is 0 Å². The van der Waals surface area contributed by atoms with Gasteiger partial charge in [0, 0.05) is 6.07 Å². The minimum atomic E-state index is -2.04. The van der Waals surface area contributed by atoms with Crippen molar-refractivity contribution >= 4 is 20.1 Å². The van der Waals surface area contributed by atoms with Crippen molar-refractivity contribution in [1.29, 1.82) is 0 Å². The van der Waals surface area contributed by atoms with Crippen LogP contribution < -0.4 is 13.9 Å². The van der Waals surface area contributed by atoms with E-state index in [1.54, 1.807) is 23.9 Å². The Morgan fingerprint density at radius 3 is 1.95 bits per heavy atom. The van der Waals surface area contributed by atoms with Gasteiger partial charge in [-0.1, -0.05) is 96.1 Å². The maximum absolute atomic E-state index is 9.95. The molecular weight excluding hydrogens is 557 g/mol. The summed E-state index contributed by atoms with van der Waals surface area (Å²) in [5, 5.41) is 9.97. The fraction of sp³-hybridized carbons (Fsp3) is 0.333. The largest absolute Gasteiger partial charge is 0.543 e. The Kier molecular flexibility index (Phi) is 9.24. The number of fused-ring (bicyclic) bond motifs is 1. The SMILES string of the molecule is CC(C)[Si](Oc1ccc([C@@H]2Sc3ccc(OCc4ccccc4)cc3O[C@@H]2c2ccc(O)cc2)cc1)(C(C)C)C(C)C. The number of hydrogen-bond acceptors (Lipinski definition) is 5. The smallest absolute Gasteiger partial charge is 0.258 e. The Balaban J connectivity index is 1.42. The summed E-state index contributed by atoms with van der Waals surface area (Å²) in [5.41, 5.74) is 4.84. The Hall–Kier alpha value is -3.35. The zero-order valence-electron chi connectivity index (χ0n) is 25.4. The standard InChI is InChI=1S/C36H42O4SSi/c1-24(2)42(25(3)4,26(5)6)40-31-18-14-29(15-19-31)36-35(28-12-16-30(37)17-13-28)39-33-22-32(20-21-34(33)41-36)38-23-27-10-8-7-9-11-27/h7-22,24-26,35-37H,23H2,1-6H3/t35-,36+/m1/s1. The van der Waals surface area contributed by atoms with Crippen LogP contribution in [0.5, 0.6) is 23.0 Å². The average molecular weight is 599 g/mol. The van der Waals surface area contributed by atoms with Crippen molar-refractivity contribution in [2.45, 2.75) is 81.0 Å². The van der Waals surface area contributed by atoms with Crippen LogP contribution in [0.15, 0.2) is 102 Å². The van der Waals surface area contributed by atoms with Crippen LogP contribution in [-0.4, -0.2) is 13.4 Å². The lowest BCUT2D eigenvalue weighted by atomic mass is 10.00. The first-order chi connectivity index (χ1) is 20.2. The second-order valence-corrected chi connectivity index (χ2v) is 18.6. The molecule has 1 aliphatic rings. The fourth-order valence-corrected chi connectivity index (χ4v) is 12.9. The number of ether oxygens (including phenoxy) is 2. The fourth-order valence-electron chi connectivity index (χ4n) is 6.34. The molecule has 1 aliphatic heterocycles. The zero-order chi connectivity index (χ0) is 29.9. The first-order valence-corrected chi connectivity index (χ1v) is 17.9. The van der Waals surface area contributed by atoms with Crippen molar-refractivity contribution in [2.24, 2.45) is 0 Å². The maximum atomic E-state index is 9.95. The summed E-state index contributed by atoms with van der Waals surface area (Å²) in [5.74, 6) is 2.77. The Labute approximate surface area is 256 Å². The van der Waals surface area contributed by atoms with Crippen molar-refractivity contribution in [2.75, 3.05) is 0 Å². The van der Waals surface area contributed by atoms with Crippen LogP contribution in [0.2, 0.25) is 16.6 Å². The second-order valence-electron chi connectivity index (χ2n) is 12.0. The van der Waals surface area contributed by atoms with Gasteiger partial charge < -0.3 is 19.0 Å². The molecule has 4 aromatic rings. The van der Waals surface area contributed by atoms with Crippen LogP contribution in [-0.2, 0) is 6.61 Å². The topological polar surface area (TPSA) is 47.9 Å². The summed E-state index contributed by atoms with van der Waals surface area (Å²) >= 11 is 1.80. The Morgan fingerprint density at radius 1 is 0.738 bits per heavy atom. The van der Waals surface area contributed by atoms with Gasteiger partial charge in [0.1, 0.15) is 35.7 Å². The molecule has 1 heterocycles. The molecule has 220 valence electrons. The van der Waals surface area contributed by atoms with Gasteiger partial charge >= 0.3 is 0 Å². The van der Waals surface area contributed by atoms with Crippen LogP contribution in [0.4, 0.5) is 0 Å². The van der Waals surface area contributed by atoms with Gasteiger partial charge in [-0.15, -0.1) is 11.8 Å². The summed E-state index contributed by atoms with van der Waals surface area (Å²) in [6.07, 6.45) is -0.241. The molecule has 4 aromatic carbocycles. The molecule has 0 spiro atoms. The lowest BCUT2D eigenvalue weighted by Crippen LogP contribution is -2.50. The van der Waals surface area contributed by atoms with Crippen molar-refractivity contribution in [3.05, 3.63) is 114 Å². The summed E-state index contributed by atoms with van der Waals surface area (Å²) in [6, 6.07) is 32.2. The lowest BCUT2D eigenvalue weighted by molar-refractivity contribution is 0.189. The highest BCUT2D eigenvalue weighted by molar-refractivity contribution is 7.99. The number of phenolic OH excluding ortho intramolecular Hbond substituents is 1. The zero-order valence-corrected chi connectivity index (χ0v) is 27.2. The van der Waals surface area contributed by atoms with Gasteiger partial charge in [-0.2, -0.15) is 0 Å². The molecule has 0 unspecified atom stereocenters. The molecule has 0 amide bonds. The van der Waals surface area contributed by atoms with E-state index in [1.807, 2.05) is 42.5 Å². The Morgan fingerprint density at radius 2 is 1.33 bits per heavy atom. The third-order valence-corrected chi connectivity index (χ3v) is 15.7. The van der Waals surface area contributed by atoms with Gasteiger partial charge in [-0.05, 0) is 69.7 Å². The van der Waals surface area contributed by atoms with Crippen molar-refractivity contribution in [1.82, 2.24) is 0 Å². The van der Waals surface area contributed by atoms with Crippen LogP contribution in [0, 0.1) is 0 Å². The molecule has 5 rings (SSSR count). The van der Waals surface area contributed by atoms with Crippen LogP contribution in [0.1, 0.15) is 69.6 Å². The summed E-state index contributed by atoms with van der Waals surface area (Å²) in [7, 11) is -2.04. The third kappa shape index (κ3) is 6.35. The molecular formula is C36H42O4SSi. The molecule has 4 nitrogen and oxygen atoms in total. The molecule has 2 atom stereocenters. The Bertz CT molecular complexity index is 1430. The quantitative estimate of drug-likeness (QED) is 0.184. The van der Waals surface area contributed by atoms with Gasteiger partial charge in [0.05, 0.1) is 10.1 Å². The highest BCUT2D eigenvalue weighted by Crippen LogP contribution is 2.54. The first-order valence-electron chi connectivity index (χ1n) is 14.9. The van der Waals surface area contributed by atoms with Crippen molar-refractivity contribution in [3.63, 3.8) is 0 Å². The minimum absolute atomic E-state index is 0.0227. The normalized spacial score (nSPS) is 16.8. The third-order valence-electron chi connectivity index (χ3n) is 8.38. The molecule has 0 fully saturated rings. The van der Waals surface area contributed by atoms with E-state index < -0.39 is 8.32 Å². The molecule has 0 radical (unpaired) electrons. The predicted molar refractivity (Wildman–Crippen MR) is 175 cm³/mol. The average Bonchev–Trinajstić information content (AvgIpc) is 2.99. The van der Waals surface area contributed by atoms with Crippen LogP contribution >= 0.6 is 11.8 Å². The van der Waals surface area contributed by atoms with E-state index in [0.717, 1.165) is 33.3 Å². The number of thioether (sulfide) groups is 1. The van der Waals surface area contributed by atoms with Crippen molar-refractivity contribution < 1.29 is 19.0 Å². The van der Waals surface area contributed by atoms with Gasteiger partial charge in [0.25, 0.3) is 8.32 Å². The first kappa shape index (κ1) is 30.1. The van der Waals surface area contributed by atoms with E-state index in [0.29, 0.717) is 23.2 Å². The second kappa shape index (κ2) is 12.9. The van der Waals surface area contributed by atoms with Crippen LogP contribution in [0.3, 0.4) is 0 Å².